The largest absolute Gasteiger partial charge is 0.468 e. The summed E-state index contributed by atoms with van der Waals surface area (Å²) >= 11 is 1.56. The Hall–Kier alpha value is -1.85. The zero-order chi connectivity index (χ0) is 22.6. The fourth-order valence-corrected chi connectivity index (χ4v) is 6.23. The lowest BCUT2D eigenvalue weighted by Crippen LogP contribution is -2.39. The number of amides is 1. The van der Waals surface area contributed by atoms with Crippen molar-refractivity contribution in [2.75, 3.05) is 50.5 Å². The van der Waals surface area contributed by atoms with Crippen LogP contribution >= 0.6 is 11.8 Å². The van der Waals surface area contributed by atoms with Gasteiger partial charge < -0.3 is 14.5 Å². The standard InChI is InChI=1S/C22H29N3O5S2/c1-17-16-31-21-6-5-19(14-20(21)23-22(17)26)32(27,28)25(15-18-4-2-11-30-18)8-3-7-24-9-12-29-13-10-24/h2,4-6,11,14,17H,3,7-10,12-13,15-16H2,1H3,(H,23,26)/t17-/m1/s1. The van der Waals surface area contributed by atoms with Gasteiger partial charge in [0.25, 0.3) is 0 Å². The molecule has 1 aromatic heterocycles. The van der Waals surface area contributed by atoms with Gasteiger partial charge in [0.1, 0.15) is 5.76 Å². The fraction of sp³-hybridized carbons (Fsp3) is 0.500. The van der Waals surface area contributed by atoms with E-state index in [1.165, 1.54) is 4.31 Å². The third-order valence-electron chi connectivity index (χ3n) is 5.68. The van der Waals surface area contributed by atoms with Crippen LogP contribution < -0.4 is 5.32 Å². The van der Waals surface area contributed by atoms with E-state index in [1.807, 2.05) is 6.92 Å². The number of rotatable bonds is 8. The summed E-state index contributed by atoms with van der Waals surface area (Å²) in [5.74, 6) is 1.02. The van der Waals surface area contributed by atoms with Crippen LogP contribution in [0.25, 0.3) is 0 Å². The van der Waals surface area contributed by atoms with Crippen molar-refractivity contribution >= 4 is 33.4 Å². The molecule has 1 atom stereocenters. The second kappa shape index (κ2) is 10.4. The van der Waals surface area contributed by atoms with Crippen LogP contribution in [-0.2, 0) is 26.1 Å². The first-order chi connectivity index (χ1) is 15.4. The Kier molecular flexibility index (Phi) is 7.57. The van der Waals surface area contributed by atoms with Gasteiger partial charge in [0.2, 0.25) is 15.9 Å². The van der Waals surface area contributed by atoms with Crippen LogP contribution in [0.1, 0.15) is 19.1 Å². The van der Waals surface area contributed by atoms with Gasteiger partial charge in [0.15, 0.2) is 0 Å². The van der Waals surface area contributed by atoms with Crippen molar-refractivity contribution in [3.8, 4) is 0 Å². The topological polar surface area (TPSA) is 92.1 Å². The zero-order valence-corrected chi connectivity index (χ0v) is 19.8. The number of furan rings is 1. The molecule has 10 heteroatoms. The van der Waals surface area contributed by atoms with Crippen LogP contribution in [0, 0.1) is 5.92 Å². The first-order valence-electron chi connectivity index (χ1n) is 10.8. The molecular formula is C22H29N3O5S2. The Balaban J connectivity index is 1.53. The highest BCUT2D eigenvalue weighted by molar-refractivity contribution is 7.99. The number of nitrogens with zero attached hydrogens (tertiary/aromatic N) is 2. The average molecular weight is 480 g/mol. The van der Waals surface area contributed by atoms with E-state index in [-0.39, 0.29) is 23.3 Å². The molecule has 0 unspecified atom stereocenters. The maximum absolute atomic E-state index is 13.6. The van der Waals surface area contributed by atoms with Crippen molar-refractivity contribution in [3.63, 3.8) is 0 Å². The number of fused-ring (bicyclic) bond motifs is 1. The van der Waals surface area contributed by atoms with Crippen molar-refractivity contribution in [2.45, 2.75) is 29.7 Å². The molecule has 4 rings (SSSR count). The molecule has 1 fully saturated rings. The highest BCUT2D eigenvalue weighted by Crippen LogP contribution is 2.35. The minimum atomic E-state index is -3.79. The summed E-state index contributed by atoms with van der Waals surface area (Å²) in [6.45, 7) is 6.37. The van der Waals surface area contributed by atoms with Gasteiger partial charge >= 0.3 is 0 Å². The summed E-state index contributed by atoms with van der Waals surface area (Å²) in [5, 5.41) is 2.88. The maximum Gasteiger partial charge on any atom is 0.243 e. The predicted octanol–water partition coefficient (Wildman–Crippen LogP) is 2.87. The molecule has 3 heterocycles. The second-order valence-corrected chi connectivity index (χ2v) is 11.1. The van der Waals surface area contributed by atoms with Crippen LogP contribution in [0.4, 0.5) is 5.69 Å². The molecule has 1 N–H and O–H groups in total. The summed E-state index contributed by atoms with van der Waals surface area (Å²) < 4.78 is 39.5. The first kappa shape index (κ1) is 23.3. The molecule has 0 bridgehead atoms. The van der Waals surface area contributed by atoms with Crippen molar-refractivity contribution in [3.05, 3.63) is 42.4 Å². The Morgan fingerprint density at radius 1 is 1.25 bits per heavy atom. The Morgan fingerprint density at radius 2 is 2.06 bits per heavy atom. The zero-order valence-electron chi connectivity index (χ0n) is 18.2. The van der Waals surface area contributed by atoms with Gasteiger partial charge in [-0.25, -0.2) is 8.42 Å². The van der Waals surface area contributed by atoms with E-state index in [0.717, 1.165) is 24.5 Å². The van der Waals surface area contributed by atoms with E-state index in [2.05, 4.69) is 10.2 Å². The van der Waals surface area contributed by atoms with Gasteiger partial charge in [-0.15, -0.1) is 11.8 Å². The predicted molar refractivity (Wildman–Crippen MR) is 123 cm³/mol. The molecule has 2 aliphatic heterocycles. The summed E-state index contributed by atoms with van der Waals surface area (Å²) in [6.07, 6.45) is 2.25. The Morgan fingerprint density at radius 3 is 2.81 bits per heavy atom. The fourth-order valence-electron chi connectivity index (χ4n) is 3.74. The van der Waals surface area contributed by atoms with Crippen LogP contribution in [0.3, 0.4) is 0 Å². The van der Waals surface area contributed by atoms with Gasteiger partial charge in [-0.2, -0.15) is 4.31 Å². The van der Waals surface area contributed by atoms with Crippen molar-refractivity contribution in [1.82, 2.24) is 9.21 Å². The van der Waals surface area contributed by atoms with Crippen LogP contribution in [0.15, 0.2) is 50.8 Å². The molecule has 0 spiro atoms. The minimum absolute atomic E-state index is 0.0937. The number of morpholine rings is 1. The quantitative estimate of drug-likeness (QED) is 0.622. The molecule has 0 saturated carbocycles. The summed E-state index contributed by atoms with van der Waals surface area (Å²) in [4.78, 5) is 15.6. The molecule has 0 aliphatic carbocycles. The summed E-state index contributed by atoms with van der Waals surface area (Å²) in [7, 11) is -3.79. The number of carbonyl (C=O) groups is 1. The number of thioether (sulfide) groups is 1. The van der Waals surface area contributed by atoms with E-state index in [0.29, 0.717) is 43.4 Å². The van der Waals surface area contributed by atoms with Crippen LogP contribution in [0.2, 0.25) is 0 Å². The molecule has 0 radical (unpaired) electrons. The average Bonchev–Trinajstić information content (AvgIpc) is 3.26. The molecule has 174 valence electrons. The highest BCUT2D eigenvalue weighted by atomic mass is 32.2. The number of anilines is 1. The molecule has 2 aromatic rings. The van der Waals surface area contributed by atoms with Gasteiger partial charge in [0.05, 0.1) is 36.6 Å². The highest BCUT2D eigenvalue weighted by Gasteiger charge is 2.28. The van der Waals surface area contributed by atoms with E-state index >= 15 is 0 Å². The van der Waals surface area contributed by atoms with Gasteiger partial charge in [-0.05, 0) is 43.3 Å². The molecule has 1 saturated heterocycles. The minimum Gasteiger partial charge on any atom is -0.468 e. The van der Waals surface area contributed by atoms with Gasteiger partial charge in [-0.3, -0.25) is 9.69 Å². The summed E-state index contributed by atoms with van der Waals surface area (Å²) in [6, 6.07) is 8.51. The van der Waals surface area contributed by atoms with Crippen molar-refractivity contribution in [2.24, 2.45) is 5.92 Å². The van der Waals surface area contributed by atoms with Gasteiger partial charge in [-0.1, -0.05) is 6.92 Å². The van der Waals surface area contributed by atoms with E-state index < -0.39 is 10.0 Å². The van der Waals surface area contributed by atoms with Crippen LogP contribution in [-0.4, -0.2) is 68.7 Å². The maximum atomic E-state index is 13.6. The third-order valence-corrected chi connectivity index (χ3v) is 8.86. The normalized spacial score (nSPS) is 20.1. The number of nitrogens with one attached hydrogen (secondary N) is 1. The second-order valence-electron chi connectivity index (χ2n) is 8.08. The van der Waals surface area contributed by atoms with E-state index in [9.17, 15) is 13.2 Å². The Bertz CT molecular complexity index is 1020. The number of carbonyl (C=O) groups excluding carboxylic acids is 1. The number of sulfonamides is 1. The molecule has 8 nitrogen and oxygen atoms in total. The SMILES string of the molecule is C[C@@H]1CSc2ccc(S(=O)(=O)N(CCCN3CCOCC3)Cc3ccco3)cc2NC1=O. The monoisotopic (exact) mass is 479 g/mol. The lowest BCUT2D eigenvalue weighted by Gasteiger charge is -2.28. The lowest BCUT2D eigenvalue weighted by molar-refractivity contribution is -0.118. The van der Waals surface area contributed by atoms with Gasteiger partial charge in [0, 0.05) is 36.2 Å². The molecule has 1 amide bonds. The van der Waals surface area contributed by atoms with E-state index in [1.54, 1.807) is 48.4 Å². The smallest absolute Gasteiger partial charge is 0.243 e. The number of hydrogen-bond acceptors (Lipinski definition) is 7. The third kappa shape index (κ3) is 5.55. The number of ether oxygens (including phenoxy) is 1. The van der Waals surface area contributed by atoms with Crippen molar-refractivity contribution in [1.29, 1.82) is 0 Å². The molecular weight excluding hydrogens is 450 g/mol. The molecule has 1 aromatic carbocycles. The Labute approximate surface area is 193 Å². The number of benzene rings is 1. The lowest BCUT2D eigenvalue weighted by atomic mass is 10.2. The first-order valence-corrected chi connectivity index (χ1v) is 13.3. The number of hydrogen-bond donors (Lipinski definition) is 1. The molecule has 2 aliphatic rings. The van der Waals surface area contributed by atoms with Crippen LogP contribution in [0.5, 0.6) is 0 Å². The van der Waals surface area contributed by atoms with E-state index in [4.69, 9.17) is 9.15 Å². The summed E-state index contributed by atoms with van der Waals surface area (Å²) in [5.41, 5.74) is 0.552. The molecule has 32 heavy (non-hydrogen) atoms. The van der Waals surface area contributed by atoms with Crippen molar-refractivity contribution < 1.29 is 22.4 Å².